The normalized spacial score (nSPS) is 31.5. The molecule has 1 aromatic carbocycles. The van der Waals surface area contributed by atoms with E-state index in [0.717, 1.165) is 24.2 Å². The third-order valence-electron chi connectivity index (χ3n) is 5.65. The Kier molecular flexibility index (Phi) is 4.27. The minimum atomic E-state index is -0.0157. The number of halogens is 1. The summed E-state index contributed by atoms with van der Waals surface area (Å²) in [6.45, 7) is 0.308. The second-order valence-electron chi connectivity index (χ2n) is 7.32. The number of carbonyl (C=O) groups is 1. The number of fused-ring (bicyclic) bond motifs is 3. The first-order valence-electron chi connectivity index (χ1n) is 8.79. The molecule has 0 saturated heterocycles. The summed E-state index contributed by atoms with van der Waals surface area (Å²) in [4.78, 5) is 12.8. The van der Waals surface area contributed by atoms with E-state index in [4.69, 9.17) is 22.1 Å². The number of benzene rings is 1. The van der Waals surface area contributed by atoms with E-state index in [-0.39, 0.29) is 11.9 Å². The molecule has 128 valence electrons. The molecule has 2 unspecified atom stereocenters. The van der Waals surface area contributed by atoms with E-state index in [2.05, 4.69) is 5.32 Å². The standard InChI is InChI=1S/C19H23ClN2O2/c20-15-4-5-17-13(7-15)6-14(10-24-17)19(23)22-18-11-2-1-3-12(18)9-16(21)8-11/h4-7,11-12,16,18H,1-3,8-10,21H2,(H,22,23). The second kappa shape index (κ2) is 6.41. The van der Waals surface area contributed by atoms with Crippen molar-refractivity contribution in [1.82, 2.24) is 5.32 Å². The predicted octanol–water partition coefficient (Wildman–Crippen LogP) is 3.14. The van der Waals surface area contributed by atoms with Crippen LogP contribution in [-0.4, -0.2) is 24.6 Å². The minimum absolute atomic E-state index is 0.0157. The summed E-state index contributed by atoms with van der Waals surface area (Å²) in [6, 6.07) is 6.02. The van der Waals surface area contributed by atoms with E-state index in [1.807, 2.05) is 18.2 Å². The number of amides is 1. The van der Waals surface area contributed by atoms with Crippen molar-refractivity contribution in [3.05, 3.63) is 34.4 Å². The van der Waals surface area contributed by atoms with Crippen LogP contribution < -0.4 is 15.8 Å². The molecule has 2 aliphatic carbocycles. The van der Waals surface area contributed by atoms with Crippen molar-refractivity contribution in [2.75, 3.05) is 6.61 Å². The largest absolute Gasteiger partial charge is 0.488 e. The Morgan fingerprint density at radius 1 is 1.25 bits per heavy atom. The van der Waals surface area contributed by atoms with E-state index in [9.17, 15) is 4.79 Å². The highest BCUT2D eigenvalue weighted by Crippen LogP contribution is 2.40. The number of rotatable bonds is 2. The Morgan fingerprint density at radius 3 is 2.75 bits per heavy atom. The Balaban J connectivity index is 1.50. The number of nitrogens with two attached hydrogens (primary N) is 1. The molecule has 2 bridgehead atoms. The van der Waals surface area contributed by atoms with Gasteiger partial charge in [-0.3, -0.25) is 4.79 Å². The van der Waals surface area contributed by atoms with Crippen LogP contribution in [0.5, 0.6) is 5.75 Å². The quantitative estimate of drug-likeness (QED) is 0.864. The SMILES string of the molecule is NC1CC2CCCC(C1)C2NC(=O)C1=Cc2cc(Cl)ccc2OC1. The Labute approximate surface area is 147 Å². The molecule has 4 rings (SSSR count). The van der Waals surface area contributed by atoms with Gasteiger partial charge in [-0.15, -0.1) is 0 Å². The molecule has 0 radical (unpaired) electrons. The smallest absolute Gasteiger partial charge is 0.250 e. The number of hydrogen-bond donors (Lipinski definition) is 2. The van der Waals surface area contributed by atoms with E-state index in [1.165, 1.54) is 19.3 Å². The van der Waals surface area contributed by atoms with Crippen molar-refractivity contribution >= 4 is 23.6 Å². The lowest BCUT2D eigenvalue weighted by molar-refractivity contribution is -0.120. The maximum atomic E-state index is 12.8. The Bertz CT molecular complexity index is 674. The molecule has 2 saturated carbocycles. The zero-order chi connectivity index (χ0) is 16.7. The summed E-state index contributed by atoms with van der Waals surface area (Å²) in [5.74, 6) is 1.79. The summed E-state index contributed by atoms with van der Waals surface area (Å²) in [7, 11) is 0. The van der Waals surface area contributed by atoms with Crippen molar-refractivity contribution in [1.29, 1.82) is 0 Å². The van der Waals surface area contributed by atoms with Crippen molar-refractivity contribution in [3.63, 3.8) is 0 Å². The highest BCUT2D eigenvalue weighted by molar-refractivity contribution is 6.30. The molecule has 1 heterocycles. The molecular weight excluding hydrogens is 324 g/mol. The van der Waals surface area contributed by atoms with Gasteiger partial charge in [0.15, 0.2) is 0 Å². The van der Waals surface area contributed by atoms with E-state index < -0.39 is 0 Å². The molecule has 5 heteroatoms. The van der Waals surface area contributed by atoms with E-state index in [0.29, 0.717) is 35.1 Å². The van der Waals surface area contributed by atoms with Crippen molar-refractivity contribution < 1.29 is 9.53 Å². The average molecular weight is 347 g/mol. The molecule has 2 fully saturated rings. The summed E-state index contributed by atoms with van der Waals surface area (Å²) < 4.78 is 5.70. The van der Waals surface area contributed by atoms with Gasteiger partial charge in [0.2, 0.25) is 0 Å². The Morgan fingerprint density at radius 2 is 2.00 bits per heavy atom. The van der Waals surface area contributed by atoms with E-state index >= 15 is 0 Å². The fourth-order valence-corrected chi connectivity index (χ4v) is 4.73. The minimum Gasteiger partial charge on any atom is -0.488 e. The maximum Gasteiger partial charge on any atom is 0.250 e. The van der Waals surface area contributed by atoms with Crippen LogP contribution in [0.1, 0.15) is 37.7 Å². The first kappa shape index (κ1) is 16.0. The van der Waals surface area contributed by atoms with Gasteiger partial charge in [-0.2, -0.15) is 0 Å². The number of carbonyl (C=O) groups excluding carboxylic acids is 1. The van der Waals surface area contributed by atoms with Crippen molar-refractivity contribution in [2.45, 2.75) is 44.2 Å². The second-order valence-corrected chi connectivity index (χ2v) is 7.76. The van der Waals surface area contributed by atoms with Crippen LogP contribution in [0.3, 0.4) is 0 Å². The van der Waals surface area contributed by atoms with Gasteiger partial charge in [0.25, 0.3) is 5.91 Å². The summed E-state index contributed by atoms with van der Waals surface area (Å²) >= 11 is 6.04. The predicted molar refractivity (Wildman–Crippen MR) is 94.9 cm³/mol. The topological polar surface area (TPSA) is 64.3 Å². The molecule has 1 aliphatic heterocycles. The van der Waals surface area contributed by atoms with Crippen LogP contribution >= 0.6 is 11.6 Å². The van der Waals surface area contributed by atoms with Gasteiger partial charge in [0.1, 0.15) is 12.4 Å². The molecule has 3 aliphatic rings. The molecule has 0 aromatic heterocycles. The van der Waals surface area contributed by atoms with Gasteiger partial charge in [-0.05, 0) is 61.8 Å². The van der Waals surface area contributed by atoms with Gasteiger partial charge in [0, 0.05) is 22.7 Å². The lowest BCUT2D eigenvalue weighted by Crippen LogP contribution is -2.54. The number of hydrogen-bond acceptors (Lipinski definition) is 3. The van der Waals surface area contributed by atoms with Gasteiger partial charge in [-0.1, -0.05) is 18.0 Å². The lowest BCUT2D eigenvalue weighted by atomic mass is 9.67. The third-order valence-corrected chi connectivity index (χ3v) is 5.89. The first-order chi connectivity index (χ1) is 11.6. The van der Waals surface area contributed by atoms with Gasteiger partial charge in [0.05, 0.1) is 5.57 Å². The summed E-state index contributed by atoms with van der Waals surface area (Å²) in [5.41, 5.74) is 7.70. The van der Waals surface area contributed by atoms with Gasteiger partial charge in [-0.25, -0.2) is 0 Å². The van der Waals surface area contributed by atoms with Crippen LogP contribution in [0.25, 0.3) is 6.08 Å². The Hall–Kier alpha value is -1.52. The highest BCUT2D eigenvalue weighted by Gasteiger charge is 2.40. The molecular formula is C19H23ClN2O2. The van der Waals surface area contributed by atoms with Crippen LogP contribution in [0.2, 0.25) is 5.02 Å². The fraction of sp³-hybridized carbons (Fsp3) is 0.526. The fourth-order valence-electron chi connectivity index (χ4n) is 4.55. The molecule has 3 N–H and O–H groups in total. The summed E-state index contributed by atoms with van der Waals surface area (Å²) in [6.07, 6.45) is 7.54. The molecule has 1 amide bonds. The average Bonchev–Trinajstić information content (AvgIpc) is 2.55. The maximum absolute atomic E-state index is 12.8. The molecule has 4 nitrogen and oxygen atoms in total. The van der Waals surface area contributed by atoms with Crippen LogP contribution in [0, 0.1) is 11.8 Å². The first-order valence-corrected chi connectivity index (χ1v) is 9.17. The monoisotopic (exact) mass is 346 g/mol. The van der Waals surface area contributed by atoms with Crippen LogP contribution in [-0.2, 0) is 4.79 Å². The zero-order valence-electron chi connectivity index (χ0n) is 13.6. The number of ether oxygens (including phenoxy) is 1. The van der Waals surface area contributed by atoms with Crippen molar-refractivity contribution in [3.8, 4) is 5.75 Å². The number of nitrogens with one attached hydrogen (secondary N) is 1. The van der Waals surface area contributed by atoms with E-state index in [1.54, 1.807) is 6.07 Å². The zero-order valence-corrected chi connectivity index (χ0v) is 14.4. The summed E-state index contributed by atoms with van der Waals surface area (Å²) in [5, 5.41) is 3.93. The van der Waals surface area contributed by atoms with Crippen molar-refractivity contribution in [2.24, 2.45) is 17.6 Å². The van der Waals surface area contributed by atoms with Gasteiger partial charge < -0.3 is 15.8 Å². The van der Waals surface area contributed by atoms with Crippen LogP contribution in [0.15, 0.2) is 23.8 Å². The van der Waals surface area contributed by atoms with Gasteiger partial charge >= 0.3 is 0 Å². The lowest BCUT2D eigenvalue weighted by Gasteiger charge is -2.45. The molecule has 2 atom stereocenters. The third kappa shape index (κ3) is 3.05. The molecule has 0 spiro atoms. The molecule has 1 aromatic rings. The van der Waals surface area contributed by atoms with Crippen LogP contribution in [0.4, 0.5) is 0 Å². The highest BCUT2D eigenvalue weighted by atomic mass is 35.5. The molecule has 24 heavy (non-hydrogen) atoms.